The normalized spacial score (nSPS) is 30.3. The number of carbonyl (C=O) groups is 4. The molecule has 1 aliphatic carbocycles. The average molecular weight is 262 g/mol. The van der Waals surface area contributed by atoms with Crippen molar-refractivity contribution in [3.8, 4) is 0 Å². The molecule has 0 radical (unpaired) electrons. The zero-order valence-corrected chi connectivity index (χ0v) is 10.1. The fourth-order valence-corrected chi connectivity index (χ4v) is 2.78. The van der Waals surface area contributed by atoms with Gasteiger partial charge in [-0.3, -0.25) is 9.59 Å². The Labute approximate surface area is 108 Å². The quantitative estimate of drug-likeness (QED) is 0.503. The van der Waals surface area contributed by atoms with Crippen LogP contribution in [-0.2, 0) is 28.7 Å². The van der Waals surface area contributed by atoms with E-state index in [4.69, 9.17) is 0 Å². The Bertz CT molecular complexity index is 594. The molecular weight excluding hydrogens is 252 g/mol. The van der Waals surface area contributed by atoms with Gasteiger partial charge in [-0.1, -0.05) is 6.08 Å². The van der Waals surface area contributed by atoms with Crippen LogP contribution in [-0.4, -0.2) is 23.9 Å². The minimum atomic E-state index is -0.657. The van der Waals surface area contributed by atoms with Crippen LogP contribution in [0.4, 0.5) is 0 Å². The first-order valence-electron chi connectivity index (χ1n) is 5.90. The van der Waals surface area contributed by atoms with Gasteiger partial charge in [0.15, 0.2) is 0 Å². The lowest BCUT2D eigenvalue weighted by Crippen LogP contribution is -2.22. The van der Waals surface area contributed by atoms with E-state index in [1.54, 1.807) is 13.0 Å². The van der Waals surface area contributed by atoms with Crippen LogP contribution >= 0.6 is 0 Å². The van der Waals surface area contributed by atoms with Crippen molar-refractivity contribution in [1.29, 1.82) is 0 Å². The summed E-state index contributed by atoms with van der Waals surface area (Å²) in [5.74, 6) is -3.31. The Morgan fingerprint density at radius 2 is 1.79 bits per heavy atom. The highest BCUT2D eigenvalue weighted by molar-refractivity contribution is 6.15. The fourth-order valence-electron chi connectivity index (χ4n) is 2.78. The van der Waals surface area contributed by atoms with Gasteiger partial charge in [-0.15, -0.1) is 0 Å². The molecule has 6 nitrogen and oxygen atoms in total. The van der Waals surface area contributed by atoms with E-state index in [2.05, 4.69) is 9.47 Å². The third-order valence-corrected chi connectivity index (χ3v) is 3.66. The Kier molecular flexibility index (Phi) is 2.41. The molecule has 0 saturated carbocycles. The first-order valence-corrected chi connectivity index (χ1v) is 5.90. The Morgan fingerprint density at radius 1 is 1.05 bits per heavy atom. The van der Waals surface area contributed by atoms with Crippen LogP contribution in [0, 0.1) is 11.8 Å². The second-order valence-electron chi connectivity index (χ2n) is 4.85. The van der Waals surface area contributed by atoms with Crippen LogP contribution in [0.15, 0.2) is 22.8 Å². The molecule has 0 spiro atoms. The van der Waals surface area contributed by atoms with Gasteiger partial charge in [0.2, 0.25) is 0 Å². The highest BCUT2D eigenvalue weighted by Gasteiger charge is 2.44. The maximum atomic E-state index is 11.6. The van der Waals surface area contributed by atoms with Crippen molar-refractivity contribution >= 4 is 23.9 Å². The molecule has 2 heterocycles. The van der Waals surface area contributed by atoms with Gasteiger partial charge >= 0.3 is 23.9 Å². The third kappa shape index (κ3) is 1.71. The standard InChI is InChI=1S/C13H10O6/c1-5-2-6(7-4-9(14)18-11(7)15)3-8-10(5)13(17)19-12(8)16/h2,6-7H,3-4H2,1H3. The van der Waals surface area contributed by atoms with E-state index in [9.17, 15) is 19.2 Å². The fraction of sp³-hybridized carbons (Fsp3) is 0.385. The molecule has 3 rings (SSSR count). The van der Waals surface area contributed by atoms with Gasteiger partial charge < -0.3 is 9.47 Å². The smallest absolute Gasteiger partial charge is 0.346 e. The molecule has 6 heteroatoms. The summed E-state index contributed by atoms with van der Waals surface area (Å²) >= 11 is 0. The summed E-state index contributed by atoms with van der Waals surface area (Å²) in [6.07, 6.45) is 1.98. The lowest BCUT2D eigenvalue weighted by atomic mass is 9.78. The molecule has 0 aromatic heterocycles. The third-order valence-electron chi connectivity index (χ3n) is 3.66. The van der Waals surface area contributed by atoms with Crippen LogP contribution in [0.1, 0.15) is 19.8 Å². The highest BCUT2D eigenvalue weighted by Crippen LogP contribution is 2.39. The number of allylic oxidation sites excluding steroid dienone is 1. The monoisotopic (exact) mass is 262 g/mol. The van der Waals surface area contributed by atoms with E-state index in [1.165, 1.54) is 0 Å². The van der Waals surface area contributed by atoms with Crippen LogP contribution in [0.3, 0.4) is 0 Å². The molecule has 0 aromatic rings. The SMILES string of the molecule is CC1=CC(C2CC(=O)OC2=O)CC2=C1C(=O)OC2=O. The number of hydrogen-bond donors (Lipinski definition) is 0. The summed E-state index contributed by atoms with van der Waals surface area (Å²) in [4.78, 5) is 45.7. The predicted molar refractivity (Wildman–Crippen MR) is 59.2 cm³/mol. The van der Waals surface area contributed by atoms with Crippen LogP contribution in [0.5, 0.6) is 0 Å². The first kappa shape index (κ1) is 11.8. The van der Waals surface area contributed by atoms with Gasteiger partial charge in [0.05, 0.1) is 23.5 Å². The van der Waals surface area contributed by atoms with Crippen molar-refractivity contribution in [2.45, 2.75) is 19.8 Å². The molecule has 98 valence electrons. The van der Waals surface area contributed by atoms with Crippen molar-refractivity contribution < 1.29 is 28.7 Å². The van der Waals surface area contributed by atoms with Crippen molar-refractivity contribution in [3.05, 3.63) is 22.8 Å². The largest absolute Gasteiger partial charge is 0.393 e. The molecule has 2 unspecified atom stereocenters. The second kappa shape index (κ2) is 3.88. The van der Waals surface area contributed by atoms with Gasteiger partial charge in [-0.25, -0.2) is 9.59 Å². The lowest BCUT2D eigenvalue weighted by Gasteiger charge is -2.21. The summed E-state index contributed by atoms with van der Waals surface area (Å²) in [6, 6.07) is 0. The van der Waals surface area contributed by atoms with Crippen molar-refractivity contribution in [2.75, 3.05) is 0 Å². The van der Waals surface area contributed by atoms with Gasteiger partial charge in [0, 0.05) is 0 Å². The Morgan fingerprint density at radius 3 is 2.42 bits per heavy atom. The minimum Gasteiger partial charge on any atom is -0.393 e. The number of ether oxygens (including phenoxy) is 2. The molecular formula is C13H10O6. The summed E-state index contributed by atoms with van der Waals surface area (Å²) < 4.78 is 9.08. The zero-order valence-electron chi connectivity index (χ0n) is 10.1. The zero-order chi connectivity index (χ0) is 13.7. The molecule has 0 aromatic carbocycles. The van der Waals surface area contributed by atoms with E-state index in [1.807, 2.05) is 0 Å². The average Bonchev–Trinajstić information content (AvgIpc) is 2.80. The topological polar surface area (TPSA) is 86.7 Å². The van der Waals surface area contributed by atoms with Gasteiger partial charge in [-0.2, -0.15) is 0 Å². The summed E-state index contributed by atoms with van der Waals surface area (Å²) in [6.45, 7) is 1.68. The summed E-state index contributed by atoms with van der Waals surface area (Å²) in [5, 5.41) is 0. The molecule has 0 N–H and O–H groups in total. The number of carbonyl (C=O) groups excluding carboxylic acids is 4. The van der Waals surface area contributed by atoms with Crippen molar-refractivity contribution in [2.24, 2.45) is 11.8 Å². The van der Waals surface area contributed by atoms with E-state index in [-0.39, 0.29) is 18.8 Å². The van der Waals surface area contributed by atoms with Gasteiger partial charge in [0.25, 0.3) is 0 Å². The summed E-state index contributed by atoms with van der Waals surface area (Å²) in [5.41, 5.74) is 1.19. The van der Waals surface area contributed by atoms with E-state index in [0.717, 1.165) is 0 Å². The molecule has 1 fully saturated rings. The molecule has 1 saturated heterocycles. The maximum Gasteiger partial charge on any atom is 0.346 e. The predicted octanol–water partition coefficient (Wildman–Crippen LogP) is 0.422. The number of esters is 4. The van der Waals surface area contributed by atoms with E-state index in [0.29, 0.717) is 16.7 Å². The number of rotatable bonds is 1. The Balaban J connectivity index is 1.92. The van der Waals surface area contributed by atoms with Crippen LogP contribution < -0.4 is 0 Å². The molecule has 0 bridgehead atoms. The van der Waals surface area contributed by atoms with Crippen LogP contribution in [0.2, 0.25) is 0 Å². The number of cyclic esters (lactones) is 4. The van der Waals surface area contributed by atoms with E-state index < -0.39 is 29.8 Å². The number of hydrogen-bond acceptors (Lipinski definition) is 6. The summed E-state index contributed by atoms with van der Waals surface area (Å²) in [7, 11) is 0. The minimum absolute atomic E-state index is 0.0128. The van der Waals surface area contributed by atoms with Crippen molar-refractivity contribution in [1.82, 2.24) is 0 Å². The highest BCUT2D eigenvalue weighted by atomic mass is 16.6. The Hall–Kier alpha value is -2.24. The second-order valence-corrected chi connectivity index (χ2v) is 4.85. The molecule has 2 aliphatic heterocycles. The molecule has 0 amide bonds. The lowest BCUT2D eigenvalue weighted by molar-refractivity contribution is -0.154. The van der Waals surface area contributed by atoms with Crippen molar-refractivity contribution in [3.63, 3.8) is 0 Å². The molecule has 3 aliphatic rings. The van der Waals surface area contributed by atoms with Gasteiger partial charge in [0.1, 0.15) is 0 Å². The molecule has 2 atom stereocenters. The molecule has 19 heavy (non-hydrogen) atoms. The van der Waals surface area contributed by atoms with E-state index >= 15 is 0 Å². The maximum absolute atomic E-state index is 11.6. The van der Waals surface area contributed by atoms with Crippen LogP contribution in [0.25, 0.3) is 0 Å². The van der Waals surface area contributed by atoms with Gasteiger partial charge in [-0.05, 0) is 24.8 Å². The first-order chi connectivity index (χ1) is 8.97.